The highest BCUT2D eigenvalue weighted by atomic mass is 16.4. The fraction of sp³-hybridized carbons (Fsp3) is 0. The Hall–Kier alpha value is -3.06. The molecule has 4 nitrogen and oxygen atoms in total. The molecule has 96 valence electrons. The first kappa shape index (κ1) is 12.0. The molecule has 1 heterocycles. The molecule has 0 aliphatic carbocycles. The molecular weight excluding hydrogens is 252 g/mol. The van der Waals surface area contributed by atoms with Crippen molar-refractivity contribution in [3.05, 3.63) is 65.9 Å². The van der Waals surface area contributed by atoms with Crippen LogP contribution < -0.4 is 0 Å². The van der Waals surface area contributed by atoms with Crippen LogP contribution in [0.5, 0.6) is 0 Å². The van der Waals surface area contributed by atoms with Gasteiger partial charge in [0.15, 0.2) is 0 Å². The molecule has 3 aromatic rings. The van der Waals surface area contributed by atoms with E-state index in [9.17, 15) is 10.1 Å². The summed E-state index contributed by atoms with van der Waals surface area (Å²) < 4.78 is 1.83. The van der Waals surface area contributed by atoms with E-state index in [-0.39, 0.29) is 5.56 Å². The number of nitriles is 1. The topological polar surface area (TPSA) is 66.0 Å². The summed E-state index contributed by atoms with van der Waals surface area (Å²) in [5.41, 5.74) is 2.40. The molecule has 1 aromatic heterocycles. The molecule has 0 aliphatic heterocycles. The number of para-hydroxylation sites is 1. The molecule has 0 fully saturated rings. The largest absolute Gasteiger partial charge is 0.478 e. The molecule has 1 N–H and O–H groups in total. The second kappa shape index (κ2) is 4.56. The number of fused-ring (bicyclic) bond motifs is 1. The van der Waals surface area contributed by atoms with Crippen LogP contribution in [0.15, 0.2) is 54.7 Å². The summed E-state index contributed by atoms with van der Waals surface area (Å²) in [6, 6.07) is 16.4. The van der Waals surface area contributed by atoms with Crippen LogP contribution in [0.4, 0.5) is 0 Å². The van der Waals surface area contributed by atoms with Gasteiger partial charge in [0.25, 0.3) is 0 Å². The molecule has 0 atom stereocenters. The first-order valence-electron chi connectivity index (χ1n) is 6.04. The molecule has 0 saturated heterocycles. The minimum atomic E-state index is -0.969. The number of aromatic nitrogens is 1. The van der Waals surface area contributed by atoms with E-state index in [1.165, 1.54) is 0 Å². The van der Waals surface area contributed by atoms with Gasteiger partial charge in [-0.3, -0.25) is 0 Å². The van der Waals surface area contributed by atoms with Crippen LogP contribution in [0.25, 0.3) is 16.6 Å². The van der Waals surface area contributed by atoms with Gasteiger partial charge in [0, 0.05) is 17.3 Å². The van der Waals surface area contributed by atoms with Gasteiger partial charge < -0.3 is 9.67 Å². The van der Waals surface area contributed by atoms with Gasteiger partial charge in [0.2, 0.25) is 0 Å². The lowest BCUT2D eigenvalue weighted by atomic mass is 10.2. The molecule has 0 saturated carbocycles. The van der Waals surface area contributed by atoms with Crippen LogP contribution >= 0.6 is 0 Å². The van der Waals surface area contributed by atoms with Crippen LogP contribution in [0.3, 0.4) is 0 Å². The quantitative estimate of drug-likeness (QED) is 0.771. The summed E-state index contributed by atoms with van der Waals surface area (Å²) in [5.74, 6) is -0.969. The van der Waals surface area contributed by atoms with Gasteiger partial charge in [0.1, 0.15) is 6.07 Å². The number of carboxylic acid groups (broad SMARTS) is 1. The second-order valence-corrected chi connectivity index (χ2v) is 4.40. The van der Waals surface area contributed by atoms with E-state index in [1.54, 1.807) is 24.4 Å². The van der Waals surface area contributed by atoms with Crippen molar-refractivity contribution >= 4 is 16.9 Å². The minimum absolute atomic E-state index is 0.221. The van der Waals surface area contributed by atoms with Crippen LogP contribution in [0.1, 0.15) is 15.9 Å². The lowest BCUT2D eigenvalue weighted by Gasteiger charge is -2.06. The number of benzene rings is 2. The van der Waals surface area contributed by atoms with Crippen molar-refractivity contribution in [3.63, 3.8) is 0 Å². The molecule has 0 unspecified atom stereocenters. The Morgan fingerprint density at radius 1 is 1.15 bits per heavy atom. The van der Waals surface area contributed by atoms with Crippen molar-refractivity contribution in [1.29, 1.82) is 5.26 Å². The van der Waals surface area contributed by atoms with E-state index in [1.807, 2.05) is 34.9 Å². The summed E-state index contributed by atoms with van der Waals surface area (Å²) in [7, 11) is 0. The Balaban J connectivity index is 2.28. The predicted octanol–water partition coefficient (Wildman–Crippen LogP) is 3.20. The lowest BCUT2D eigenvalue weighted by Crippen LogP contribution is -1.99. The lowest BCUT2D eigenvalue weighted by molar-refractivity contribution is 0.0697. The highest BCUT2D eigenvalue weighted by molar-refractivity contribution is 5.90. The SMILES string of the molecule is N#Cc1cn(-c2cccc(C(=O)O)c2)c2ccccc12. The zero-order valence-electron chi connectivity index (χ0n) is 10.4. The third-order valence-corrected chi connectivity index (χ3v) is 3.20. The predicted molar refractivity (Wildman–Crippen MR) is 74.9 cm³/mol. The Morgan fingerprint density at radius 2 is 1.95 bits per heavy atom. The van der Waals surface area contributed by atoms with Crippen LogP contribution in [-0.2, 0) is 0 Å². The molecule has 4 heteroatoms. The molecule has 3 rings (SSSR count). The van der Waals surface area contributed by atoms with Crippen molar-refractivity contribution in [2.75, 3.05) is 0 Å². The third-order valence-electron chi connectivity index (χ3n) is 3.20. The van der Waals surface area contributed by atoms with Crippen molar-refractivity contribution in [3.8, 4) is 11.8 Å². The van der Waals surface area contributed by atoms with Crippen molar-refractivity contribution in [1.82, 2.24) is 4.57 Å². The fourth-order valence-corrected chi connectivity index (χ4v) is 2.27. The average molecular weight is 262 g/mol. The maximum atomic E-state index is 11.0. The Morgan fingerprint density at radius 3 is 2.70 bits per heavy atom. The maximum absolute atomic E-state index is 11.0. The van der Waals surface area contributed by atoms with Crippen LogP contribution in [0, 0.1) is 11.3 Å². The number of hydrogen-bond acceptors (Lipinski definition) is 2. The standard InChI is InChI=1S/C16H10N2O2/c17-9-12-10-18(15-7-2-1-6-14(12)15)13-5-3-4-11(8-13)16(19)20/h1-8,10H,(H,19,20). The maximum Gasteiger partial charge on any atom is 0.335 e. The third kappa shape index (κ3) is 1.82. The molecule has 0 aliphatic rings. The molecule has 2 aromatic carbocycles. The van der Waals surface area contributed by atoms with Gasteiger partial charge in [-0.25, -0.2) is 4.79 Å². The van der Waals surface area contributed by atoms with Crippen molar-refractivity contribution in [2.24, 2.45) is 0 Å². The Labute approximate surface area is 115 Å². The van der Waals surface area contributed by atoms with E-state index in [0.717, 1.165) is 16.6 Å². The number of nitrogens with zero attached hydrogens (tertiary/aromatic N) is 2. The number of rotatable bonds is 2. The molecule has 0 amide bonds. The van der Waals surface area contributed by atoms with Gasteiger partial charge in [-0.15, -0.1) is 0 Å². The van der Waals surface area contributed by atoms with E-state index in [4.69, 9.17) is 5.11 Å². The monoisotopic (exact) mass is 262 g/mol. The summed E-state index contributed by atoms with van der Waals surface area (Å²) in [6.07, 6.45) is 1.73. The van der Waals surface area contributed by atoms with Gasteiger partial charge in [-0.2, -0.15) is 5.26 Å². The number of carbonyl (C=O) groups is 1. The van der Waals surface area contributed by atoms with E-state index < -0.39 is 5.97 Å². The zero-order chi connectivity index (χ0) is 14.1. The number of aromatic carboxylic acids is 1. The highest BCUT2D eigenvalue weighted by Gasteiger charge is 2.10. The summed E-state index contributed by atoms with van der Waals surface area (Å²) in [5, 5.41) is 19.1. The summed E-state index contributed by atoms with van der Waals surface area (Å²) in [6.45, 7) is 0. The van der Waals surface area contributed by atoms with E-state index >= 15 is 0 Å². The zero-order valence-corrected chi connectivity index (χ0v) is 10.4. The molecule has 0 spiro atoms. The Bertz CT molecular complexity index is 856. The average Bonchev–Trinajstić information content (AvgIpc) is 2.86. The summed E-state index contributed by atoms with van der Waals surface area (Å²) in [4.78, 5) is 11.0. The summed E-state index contributed by atoms with van der Waals surface area (Å²) >= 11 is 0. The van der Waals surface area contributed by atoms with E-state index in [0.29, 0.717) is 5.56 Å². The number of hydrogen-bond donors (Lipinski definition) is 1. The minimum Gasteiger partial charge on any atom is -0.478 e. The second-order valence-electron chi connectivity index (χ2n) is 4.40. The van der Waals surface area contributed by atoms with E-state index in [2.05, 4.69) is 6.07 Å². The number of carboxylic acids is 1. The van der Waals surface area contributed by atoms with Gasteiger partial charge in [0.05, 0.1) is 16.6 Å². The van der Waals surface area contributed by atoms with Crippen molar-refractivity contribution < 1.29 is 9.90 Å². The first-order chi connectivity index (χ1) is 9.70. The van der Waals surface area contributed by atoms with Crippen LogP contribution in [-0.4, -0.2) is 15.6 Å². The van der Waals surface area contributed by atoms with Crippen LogP contribution in [0.2, 0.25) is 0 Å². The molecular formula is C16H10N2O2. The molecule has 0 bridgehead atoms. The van der Waals surface area contributed by atoms with Gasteiger partial charge >= 0.3 is 5.97 Å². The van der Waals surface area contributed by atoms with Crippen molar-refractivity contribution in [2.45, 2.75) is 0 Å². The smallest absolute Gasteiger partial charge is 0.335 e. The van der Waals surface area contributed by atoms with Gasteiger partial charge in [-0.05, 0) is 24.3 Å². The first-order valence-corrected chi connectivity index (χ1v) is 6.04. The highest BCUT2D eigenvalue weighted by Crippen LogP contribution is 2.24. The van der Waals surface area contributed by atoms with Gasteiger partial charge in [-0.1, -0.05) is 24.3 Å². The molecule has 20 heavy (non-hydrogen) atoms. The fourth-order valence-electron chi connectivity index (χ4n) is 2.27. The Kier molecular flexibility index (Phi) is 2.73. The molecule has 0 radical (unpaired) electrons. The normalized spacial score (nSPS) is 10.3.